The molecule has 2 aromatic rings. The molecule has 1 aromatic carbocycles. The van der Waals surface area contributed by atoms with Crippen LogP contribution in [0.15, 0.2) is 30.3 Å². The summed E-state index contributed by atoms with van der Waals surface area (Å²) in [5, 5.41) is 3.18. The fourth-order valence-corrected chi connectivity index (χ4v) is 2.26. The van der Waals surface area contributed by atoms with E-state index in [1.165, 1.54) is 11.1 Å². The molecule has 0 aliphatic carbocycles. The molecule has 112 valence electrons. The lowest BCUT2D eigenvalue weighted by Gasteiger charge is -2.13. The predicted molar refractivity (Wildman–Crippen MR) is 87.1 cm³/mol. The van der Waals surface area contributed by atoms with Crippen molar-refractivity contribution in [1.82, 2.24) is 10.3 Å². The Hall–Kier alpha value is -1.87. The minimum atomic E-state index is 0.378. The summed E-state index contributed by atoms with van der Waals surface area (Å²) in [7, 11) is 1.94. The number of hydrogen-bond donors (Lipinski definition) is 1. The summed E-state index contributed by atoms with van der Waals surface area (Å²) in [5.41, 5.74) is 4.61. The third-order valence-corrected chi connectivity index (χ3v) is 3.40. The second kappa shape index (κ2) is 6.72. The van der Waals surface area contributed by atoms with E-state index in [-0.39, 0.29) is 0 Å². The van der Waals surface area contributed by atoms with Gasteiger partial charge in [0.25, 0.3) is 0 Å². The van der Waals surface area contributed by atoms with Gasteiger partial charge in [-0.25, -0.2) is 4.98 Å². The van der Waals surface area contributed by atoms with Crippen LogP contribution >= 0.6 is 0 Å². The monoisotopic (exact) mass is 284 g/mol. The molecule has 0 spiro atoms. The highest BCUT2D eigenvalue weighted by atomic mass is 16.5. The highest BCUT2D eigenvalue weighted by Gasteiger charge is 2.09. The van der Waals surface area contributed by atoms with E-state index in [9.17, 15) is 0 Å². The summed E-state index contributed by atoms with van der Waals surface area (Å²) in [4.78, 5) is 4.62. The van der Waals surface area contributed by atoms with Crippen molar-refractivity contribution in [3.8, 4) is 11.6 Å². The van der Waals surface area contributed by atoms with Crippen LogP contribution < -0.4 is 10.1 Å². The van der Waals surface area contributed by atoms with Gasteiger partial charge < -0.3 is 10.1 Å². The molecule has 21 heavy (non-hydrogen) atoms. The number of rotatable bonds is 5. The van der Waals surface area contributed by atoms with Gasteiger partial charge in [-0.3, -0.25) is 0 Å². The highest BCUT2D eigenvalue weighted by Crippen LogP contribution is 2.27. The van der Waals surface area contributed by atoms with Gasteiger partial charge in [-0.1, -0.05) is 31.5 Å². The van der Waals surface area contributed by atoms with E-state index in [0.717, 1.165) is 23.6 Å². The maximum Gasteiger partial charge on any atom is 0.219 e. The summed E-state index contributed by atoms with van der Waals surface area (Å²) < 4.78 is 6.00. The Labute approximate surface area is 127 Å². The van der Waals surface area contributed by atoms with Crippen LogP contribution in [0.5, 0.6) is 11.6 Å². The van der Waals surface area contributed by atoms with Gasteiger partial charge in [-0.15, -0.1) is 0 Å². The molecule has 0 amide bonds. The molecule has 0 radical (unpaired) electrons. The lowest BCUT2D eigenvalue weighted by atomic mass is 10.1. The van der Waals surface area contributed by atoms with Gasteiger partial charge >= 0.3 is 0 Å². The van der Waals surface area contributed by atoms with Crippen molar-refractivity contribution in [1.29, 1.82) is 0 Å². The molecular formula is C18H24N2O. The maximum absolute atomic E-state index is 6.00. The van der Waals surface area contributed by atoms with Crippen molar-refractivity contribution in [2.45, 2.75) is 40.2 Å². The molecule has 0 fully saturated rings. The predicted octanol–water partition coefficient (Wildman–Crippen LogP) is 4.33. The number of nitrogens with one attached hydrogen (secondary N) is 1. The quantitative estimate of drug-likeness (QED) is 0.887. The average Bonchev–Trinajstić information content (AvgIpc) is 2.42. The van der Waals surface area contributed by atoms with Gasteiger partial charge in [0, 0.05) is 18.3 Å². The Bertz CT molecular complexity index is 621. The van der Waals surface area contributed by atoms with Crippen LogP contribution in [0.1, 0.15) is 42.1 Å². The van der Waals surface area contributed by atoms with E-state index in [1.807, 2.05) is 19.2 Å². The Kier molecular flexibility index (Phi) is 4.97. The van der Waals surface area contributed by atoms with Crippen LogP contribution in [-0.4, -0.2) is 12.0 Å². The molecule has 0 unspecified atom stereocenters. The molecule has 2 rings (SSSR count). The van der Waals surface area contributed by atoms with Crippen LogP contribution in [0.25, 0.3) is 0 Å². The van der Waals surface area contributed by atoms with Crippen LogP contribution in [-0.2, 0) is 6.54 Å². The number of ether oxygens (including phenoxy) is 1. The number of aromatic nitrogens is 1. The third kappa shape index (κ3) is 4.05. The first-order valence-electron chi connectivity index (χ1n) is 7.40. The van der Waals surface area contributed by atoms with Crippen LogP contribution in [0.2, 0.25) is 0 Å². The van der Waals surface area contributed by atoms with Crippen molar-refractivity contribution in [3.63, 3.8) is 0 Å². The summed E-state index contributed by atoms with van der Waals surface area (Å²) in [5.74, 6) is 1.91. The van der Waals surface area contributed by atoms with E-state index < -0.39 is 0 Å². The topological polar surface area (TPSA) is 34.1 Å². The molecule has 0 aliphatic rings. The van der Waals surface area contributed by atoms with Crippen molar-refractivity contribution in [3.05, 3.63) is 52.7 Å². The summed E-state index contributed by atoms with van der Waals surface area (Å²) in [6, 6.07) is 10.3. The maximum atomic E-state index is 6.00. The van der Waals surface area contributed by atoms with Gasteiger partial charge in [0.05, 0.1) is 0 Å². The first-order chi connectivity index (χ1) is 9.99. The molecule has 3 nitrogen and oxygen atoms in total. The Morgan fingerprint density at radius 2 is 1.90 bits per heavy atom. The van der Waals surface area contributed by atoms with Crippen LogP contribution in [0, 0.1) is 13.8 Å². The molecule has 1 heterocycles. The second-order valence-electron chi connectivity index (χ2n) is 5.79. The van der Waals surface area contributed by atoms with Crippen LogP contribution in [0.4, 0.5) is 0 Å². The number of pyridine rings is 1. The zero-order chi connectivity index (χ0) is 15.4. The van der Waals surface area contributed by atoms with Gasteiger partial charge in [0.1, 0.15) is 5.75 Å². The Morgan fingerprint density at radius 1 is 1.14 bits per heavy atom. The Balaban J connectivity index is 2.33. The first-order valence-corrected chi connectivity index (χ1v) is 7.40. The summed E-state index contributed by atoms with van der Waals surface area (Å²) in [6.07, 6.45) is 0. The number of benzene rings is 1. The fraction of sp³-hybridized carbons (Fsp3) is 0.389. The lowest BCUT2D eigenvalue weighted by molar-refractivity contribution is 0.455. The molecule has 0 bridgehead atoms. The molecule has 0 atom stereocenters. The molecule has 0 saturated heterocycles. The molecule has 0 saturated carbocycles. The van der Waals surface area contributed by atoms with Crippen LogP contribution in [0.3, 0.4) is 0 Å². The summed E-state index contributed by atoms with van der Waals surface area (Å²) >= 11 is 0. The van der Waals surface area contributed by atoms with Gasteiger partial charge in [-0.2, -0.15) is 0 Å². The van der Waals surface area contributed by atoms with E-state index in [0.29, 0.717) is 11.8 Å². The zero-order valence-electron chi connectivity index (χ0n) is 13.5. The normalized spacial score (nSPS) is 11.0. The number of nitrogens with zero attached hydrogens (tertiary/aromatic N) is 1. The van der Waals surface area contributed by atoms with E-state index >= 15 is 0 Å². The van der Waals surface area contributed by atoms with Crippen molar-refractivity contribution >= 4 is 0 Å². The third-order valence-electron chi connectivity index (χ3n) is 3.40. The zero-order valence-corrected chi connectivity index (χ0v) is 13.5. The molecule has 1 aromatic heterocycles. The average molecular weight is 284 g/mol. The van der Waals surface area contributed by atoms with E-state index in [1.54, 1.807) is 0 Å². The van der Waals surface area contributed by atoms with Gasteiger partial charge in [0.15, 0.2) is 0 Å². The molecule has 0 aliphatic heterocycles. The second-order valence-corrected chi connectivity index (χ2v) is 5.79. The standard InChI is InChI=1S/C18H24N2O/c1-12(2)16-9-15(11-19-5)10-18(20-16)21-17-7-6-13(3)8-14(17)4/h6-10,12,19H,11H2,1-5H3. The van der Waals surface area contributed by atoms with Gasteiger partial charge in [-0.05, 0) is 50.1 Å². The minimum absolute atomic E-state index is 0.378. The number of hydrogen-bond acceptors (Lipinski definition) is 3. The smallest absolute Gasteiger partial charge is 0.219 e. The first kappa shape index (κ1) is 15.5. The minimum Gasteiger partial charge on any atom is -0.439 e. The van der Waals surface area contributed by atoms with Crippen molar-refractivity contribution in [2.24, 2.45) is 0 Å². The highest BCUT2D eigenvalue weighted by molar-refractivity contribution is 5.39. The number of aryl methyl sites for hydroxylation is 2. The Morgan fingerprint density at radius 3 is 2.52 bits per heavy atom. The SMILES string of the molecule is CNCc1cc(Oc2ccc(C)cc2C)nc(C(C)C)c1. The lowest BCUT2D eigenvalue weighted by Crippen LogP contribution is -2.07. The molecular weight excluding hydrogens is 260 g/mol. The van der Waals surface area contributed by atoms with Gasteiger partial charge in [0.2, 0.25) is 5.88 Å². The van der Waals surface area contributed by atoms with Crippen molar-refractivity contribution in [2.75, 3.05) is 7.05 Å². The van der Waals surface area contributed by atoms with E-state index in [4.69, 9.17) is 4.74 Å². The largest absolute Gasteiger partial charge is 0.439 e. The fourth-order valence-electron chi connectivity index (χ4n) is 2.26. The molecule has 1 N–H and O–H groups in total. The molecule has 3 heteroatoms. The van der Waals surface area contributed by atoms with E-state index in [2.05, 4.69) is 56.2 Å². The van der Waals surface area contributed by atoms with Crippen molar-refractivity contribution < 1.29 is 4.74 Å². The summed E-state index contributed by atoms with van der Waals surface area (Å²) in [6.45, 7) is 9.24.